The average molecular weight is 293 g/mol. The molecule has 1 aliphatic carbocycles. The summed E-state index contributed by atoms with van der Waals surface area (Å²) in [6.45, 7) is 5.64. The Kier molecular flexibility index (Phi) is 3.04. The van der Waals surface area contributed by atoms with Crippen molar-refractivity contribution in [1.82, 2.24) is 4.31 Å². The molecule has 1 aliphatic heterocycles. The van der Waals surface area contributed by atoms with Crippen molar-refractivity contribution in [2.75, 3.05) is 0 Å². The third-order valence-electron chi connectivity index (χ3n) is 4.49. The maximum Gasteiger partial charge on any atom is 0.244 e. The molecule has 5 heteroatoms. The molecule has 1 aromatic rings. The minimum absolute atomic E-state index is 0.285. The first kappa shape index (κ1) is 13.8. The normalized spacial score (nSPS) is 35.6. The molecule has 0 aromatic heterocycles. The van der Waals surface area contributed by atoms with E-state index in [-0.39, 0.29) is 6.04 Å². The van der Waals surface area contributed by atoms with Crippen LogP contribution in [0.25, 0.3) is 0 Å². The van der Waals surface area contributed by atoms with Crippen molar-refractivity contribution in [2.45, 2.75) is 48.8 Å². The SMILES string of the molecule is C=CC[C@]12CC[C@@H](O)[C@H]1N2S(=O)(=O)c1ccc(C)cc1. The summed E-state index contributed by atoms with van der Waals surface area (Å²) in [5.41, 5.74) is 0.584. The molecule has 2 aliphatic rings. The third kappa shape index (κ3) is 1.77. The van der Waals surface area contributed by atoms with Gasteiger partial charge < -0.3 is 5.11 Å². The predicted molar refractivity (Wildman–Crippen MR) is 76.8 cm³/mol. The first-order valence-corrected chi connectivity index (χ1v) is 8.28. The zero-order chi connectivity index (χ0) is 14.5. The Hall–Kier alpha value is -1.17. The lowest BCUT2D eigenvalue weighted by Gasteiger charge is -2.16. The van der Waals surface area contributed by atoms with Gasteiger partial charge in [0.2, 0.25) is 10.0 Å². The number of hydrogen-bond acceptors (Lipinski definition) is 3. The van der Waals surface area contributed by atoms with Crippen LogP contribution in [0.3, 0.4) is 0 Å². The monoisotopic (exact) mass is 293 g/mol. The van der Waals surface area contributed by atoms with Crippen molar-refractivity contribution in [2.24, 2.45) is 0 Å². The van der Waals surface area contributed by atoms with Crippen molar-refractivity contribution in [1.29, 1.82) is 0 Å². The van der Waals surface area contributed by atoms with Crippen molar-refractivity contribution < 1.29 is 13.5 Å². The molecule has 1 N–H and O–H groups in total. The third-order valence-corrected chi connectivity index (χ3v) is 6.46. The molecule has 1 saturated heterocycles. The van der Waals surface area contributed by atoms with E-state index in [1.165, 1.54) is 4.31 Å². The van der Waals surface area contributed by atoms with E-state index in [4.69, 9.17) is 0 Å². The van der Waals surface area contributed by atoms with Gasteiger partial charge in [0.1, 0.15) is 0 Å². The van der Waals surface area contributed by atoms with Crippen LogP contribution >= 0.6 is 0 Å². The van der Waals surface area contributed by atoms with Gasteiger partial charge in [0.15, 0.2) is 0 Å². The van der Waals surface area contributed by atoms with Gasteiger partial charge in [0, 0.05) is 0 Å². The summed E-state index contributed by atoms with van der Waals surface area (Å²) in [5, 5.41) is 10.0. The lowest BCUT2D eigenvalue weighted by atomic mass is 10.0. The fourth-order valence-corrected chi connectivity index (χ4v) is 5.52. The van der Waals surface area contributed by atoms with Crippen LogP contribution in [-0.4, -0.2) is 35.5 Å². The van der Waals surface area contributed by atoms with Gasteiger partial charge in [-0.3, -0.25) is 0 Å². The molecule has 1 heterocycles. The summed E-state index contributed by atoms with van der Waals surface area (Å²) in [6.07, 6.45) is 3.15. The number of aryl methyl sites for hydroxylation is 1. The standard InChI is InChI=1S/C15H19NO3S/c1-3-9-15-10-8-13(17)14(15)16(15)20(18,19)12-6-4-11(2)5-7-12/h3-7,13-14,17H,1,8-10H2,2H3/t13-,14-,15+,16?/m1/s1. The number of sulfonamides is 1. The van der Waals surface area contributed by atoms with E-state index in [1.54, 1.807) is 30.3 Å². The molecule has 0 radical (unpaired) electrons. The van der Waals surface area contributed by atoms with E-state index in [1.807, 2.05) is 6.92 Å². The number of aliphatic hydroxyl groups is 1. The Bertz CT molecular complexity index is 638. The average Bonchev–Trinajstić information content (AvgIpc) is 2.97. The zero-order valence-electron chi connectivity index (χ0n) is 11.5. The quantitative estimate of drug-likeness (QED) is 0.681. The molecule has 1 unspecified atom stereocenters. The maximum atomic E-state index is 12.7. The first-order valence-electron chi connectivity index (χ1n) is 6.84. The minimum atomic E-state index is -3.53. The number of benzene rings is 1. The fraction of sp³-hybridized carbons (Fsp3) is 0.467. The lowest BCUT2D eigenvalue weighted by molar-refractivity contribution is 0.164. The van der Waals surface area contributed by atoms with Crippen LogP contribution in [-0.2, 0) is 10.0 Å². The number of fused-ring (bicyclic) bond motifs is 1. The number of hydrogen-bond donors (Lipinski definition) is 1. The molecule has 0 amide bonds. The van der Waals surface area contributed by atoms with Gasteiger partial charge in [-0.25, -0.2) is 8.42 Å². The molecule has 2 fully saturated rings. The second-order valence-electron chi connectivity index (χ2n) is 5.76. The molecule has 3 rings (SSSR count). The minimum Gasteiger partial charge on any atom is -0.391 e. The van der Waals surface area contributed by atoms with E-state index in [0.29, 0.717) is 24.2 Å². The largest absolute Gasteiger partial charge is 0.391 e. The highest BCUT2D eigenvalue weighted by molar-refractivity contribution is 7.89. The van der Waals surface area contributed by atoms with Gasteiger partial charge >= 0.3 is 0 Å². The Morgan fingerprint density at radius 3 is 2.70 bits per heavy atom. The van der Waals surface area contributed by atoms with Gasteiger partial charge in [-0.05, 0) is 38.3 Å². The van der Waals surface area contributed by atoms with Crippen LogP contribution in [0.15, 0.2) is 41.8 Å². The van der Waals surface area contributed by atoms with Gasteiger partial charge in [-0.1, -0.05) is 23.8 Å². The van der Waals surface area contributed by atoms with Crippen molar-refractivity contribution in [3.63, 3.8) is 0 Å². The second kappa shape index (κ2) is 4.41. The Balaban J connectivity index is 1.97. The summed E-state index contributed by atoms with van der Waals surface area (Å²) in [7, 11) is -3.53. The number of nitrogens with zero attached hydrogens (tertiary/aromatic N) is 1. The summed E-state index contributed by atoms with van der Waals surface area (Å²) >= 11 is 0. The first-order chi connectivity index (χ1) is 9.43. The Labute approximate surface area is 119 Å². The summed E-state index contributed by atoms with van der Waals surface area (Å²) < 4.78 is 26.9. The van der Waals surface area contributed by atoms with E-state index in [2.05, 4.69) is 6.58 Å². The fourth-order valence-electron chi connectivity index (χ4n) is 3.47. The molecule has 1 saturated carbocycles. The maximum absolute atomic E-state index is 12.7. The van der Waals surface area contributed by atoms with E-state index >= 15 is 0 Å². The molecule has 1 aromatic carbocycles. The van der Waals surface area contributed by atoms with Gasteiger partial charge in [-0.15, -0.1) is 6.58 Å². The molecular formula is C15H19NO3S. The zero-order valence-corrected chi connectivity index (χ0v) is 12.3. The van der Waals surface area contributed by atoms with Crippen LogP contribution in [0, 0.1) is 6.92 Å². The van der Waals surface area contributed by atoms with Crippen LogP contribution in [0.4, 0.5) is 0 Å². The Morgan fingerprint density at radius 1 is 1.45 bits per heavy atom. The predicted octanol–water partition coefficient (Wildman–Crippen LogP) is 1.84. The van der Waals surface area contributed by atoms with Crippen LogP contribution < -0.4 is 0 Å². The van der Waals surface area contributed by atoms with Gasteiger partial charge in [0.25, 0.3) is 0 Å². The highest BCUT2D eigenvalue weighted by Crippen LogP contribution is 2.58. The molecule has 108 valence electrons. The molecular weight excluding hydrogens is 274 g/mol. The number of piperidine rings is 1. The number of rotatable bonds is 4. The molecule has 20 heavy (non-hydrogen) atoms. The molecule has 0 spiro atoms. The van der Waals surface area contributed by atoms with Crippen LogP contribution in [0.5, 0.6) is 0 Å². The van der Waals surface area contributed by atoms with Crippen LogP contribution in [0.1, 0.15) is 24.8 Å². The van der Waals surface area contributed by atoms with Crippen molar-refractivity contribution in [3.8, 4) is 0 Å². The summed E-state index contributed by atoms with van der Waals surface area (Å²) in [5.74, 6) is 0. The van der Waals surface area contributed by atoms with Crippen molar-refractivity contribution >= 4 is 10.0 Å². The molecule has 4 nitrogen and oxygen atoms in total. The van der Waals surface area contributed by atoms with Gasteiger partial charge in [0.05, 0.1) is 22.6 Å². The molecule has 4 atom stereocenters. The topological polar surface area (TPSA) is 57.4 Å². The highest BCUT2D eigenvalue weighted by Gasteiger charge is 2.72. The Morgan fingerprint density at radius 2 is 2.10 bits per heavy atom. The van der Waals surface area contributed by atoms with Crippen LogP contribution in [0.2, 0.25) is 0 Å². The lowest BCUT2D eigenvalue weighted by Crippen LogP contribution is -2.26. The highest BCUT2D eigenvalue weighted by atomic mass is 32.2. The number of aliphatic hydroxyl groups excluding tert-OH is 1. The van der Waals surface area contributed by atoms with E-state index in [9.17, 15) is 13.5 Å². The smallest absolute Gasteiger partial charge is 0.244 e. The van der Waals surface area contributed by atoms with Crippen molar-refractivity contribution in [3.05, 3.63) is 42.5 Å². The summed E-state index contributed by atoms with van der Waals surface area (Å²) in [6, 6.07) is 6.57. The van der Waals surface area contributed by atoms with E-state index in [0.717, 1.165) is 5.56 Å². The van der Waals surface area contributed by atoms with E-state index < -0.39 is 21.7 Å². The second-order valence-corrected chi connectivity index (χ2v) is 7.58. The van der Waals surface area contributed by atoms with Gasteiger partial charge in [-0.2, -0.15) is 4.31 Å². The molecule has 0 bridgehead atoms. The summed E-state index contributed by atoms with van der Waals surface area (Å²) in [4.78, 5) is 0.299.